The van der Waals surface area contributed by atoms with Crippen molar-refractivity contribution in [2.24, 2.45) is 5.73 Å². The number of benzene rings is 1. The second kappa shape index (κ2) is 7.88. The van der Waals surface area contributed by atoms with Crippen LogP contribution in [0.25, 0.3) is 0 Å². The number of hydrogen-bond donors (Lipinski definition) is 2. The zero-order valence-corrected chi connectivity index (χ0v) is 13.3. The lowest BCUT2D eigenvalue weighted by molar-refractivity contribution is -0.124. The summed E-state index contributed by atoms with van der Waals surface area (Å²) in [6, 6.07) is 7.48. The maximum absolute atomic E-state index is 11.5. The molecule has 1 aromatic carbocycles. The van der Waals surface area contributed by atoms with Gasteiger partial charge in [-0.15, -0.1) is 0 Å². The van der Waals surface area contributed by atoms with E-state index in [1.807, 2.05) is 31.2 Å². The number of hydrogen-bond acceptors (Lipinski definition) is 4. The molecule has 0 bridgehead atoms. The fourth-order valence-corrected chi connectivity index (χ4v) is 2.01. The zero-order valence-electron chi connectivity index (χ0n) is 13.3. The van der Waals surface area contributed by atoms with Crippen LogP contribution in [0, 0.1) is 0 Å². The first-order valence-electron chi connectivity index (χ1n) is 7.29. The van der Waals surface area contributed by atoms with E-state index in [-0.39, 0.29) is 12.0 Å². The van der Waals surface area contributed by atoms with Gasteiger partial charge in [0.05, 0.1) is 18.2 Å². The first-order chi connectivity index (χ1) is 9.91. The number of carbonyl (C=O) groups excluding carboxylic acids is 1. The molecule has 0 aliphatic carbocycles. The quantitative estimate of drug-likeness (QED) is 0.731. The van der Waals surface area contributed by atoms with Crippen molar-refractivity contribution in [3.05, 3.63) is 24.3 Å². The first kappa shape index (κ1) is 17.3. The molecule has 0 spiro atoms. The van der Waals surface area contributed by atoms with Gasteiger partial charge in [0.2, 0.25) is 5.91 Å². The Labute approximate surface area is 126 Å². The summed E-state index contributed by atoms with van der Waals surface area (Å²) >= 11 is 0. The van der Waals surface area contributed by atoms with Gasteiger partial charge >= 0.3 is 0 Å². The molecule has 0 aliphatic rings. The Morgan fingerprint density at radius 2 is 1.90 bits per heavy atom. The molecule has 118 valence electrons. The van der Waals surface area contributed by atoms with Gasteiger partial charge in [0.25, 0.3) is 0 Å². The van der Waals surface area contributed by atoms with E-state index in [2.05, 4.69) is 12.2 Å². The van der Waals surface area contributed by atoms with Crippen molar-refractivity contribution >= 4 is 5.91 Å². The highest BCUT2D eigenvalue weighted by Gasteiger charge is 2.31. The average Bonchev–Trinajstić information content (AvgIpc) is 2.46. The lowest BCUT2D eigenvalue weighted by Gasteiger charge is -2.28. The third kappa shape index (κ3) is 5.27. The first-order valence-corrected chi connectivity index (χ1v) is 7.29. The second-order valence-electron chi connectivity index (χ2n) is 5.40. The van der Waals surface area contributed by atoms with Gasteiger partial charge in [0.15, 0.2) is 0 Å². The Bertz CT molecular complexity index is 447. The molecule has 0 saturated heterocycles. The van der Waals surface area contributed by atoms with E-state index >= 15 is 0 Å². The molecular weight excluding hydrogens is 268 g/mol. The van der Waals surface area contributed by atoms with Crippen LogP contribution in [-0.4, -0.2) is 31.2 Å². The summed E-state index contributed by atoms with van der Waals surface area (Å²) in [6.07, 6.45) is 1.33. The normalized spacial score (nSPS) is 15.0. The molecule has 2 atom stereocenters. The van der Waals surface area contributed by atoms with Crippen LogP contribution >= 0.6 is 0 Å². The number of rotatable bonds is 9. The monoisotopic (exact) mass is 294 g/mol. The molecule has 2 unspecified atom stereocenters. The molecule has 21 heavy (non-hydrogen) atoms. The molecule has 0 heterocycles. The number of amides is 1. The van der Waals surface area contributed by atoms with Crippen molar-refractivity contribution in [1.29, 1.82) is 0 Å². The minimum absolute atomic E-state index is 0.141. The Balaban J connectivity index is 2.58. The number of ether oxygens (including phenoxy) is 2. The van der Waals surface area contributed by atoms with Crippen LogP contribution in [0.2, 0.25) is 0 Å². The van der Waals surface area contributed by atoms with Gasteiger partial charge in [-0.2, -0.15) is 0 Å². The summed E-state index contributed by atoms with van der Waals surface area (Å²) in [5.74, 6) is 1.19. The fourth-order valence-electron chi connectivity index (χ4n) is 2.01. The highest BCUT2D eigenvalue weighted by atomic mass is 16.5. The summed E-state index contributed by atoms with van der Waals surface area (Å²) in [5, 5.41) is 2.95. The summed E-state index contributed by atoms with van der Waals surface area (Å²) in [7, 11) is 1.72. The summed E-state index contributed by atoms with van der Waals surface area (Å²) in [4.78, 5) is 11.5. The van der Waals surface area contributed by atoms with Crippen LogP contribution < -0.4 is 20.5 Å². The van der Waals surface area contributed by atoms with Crippen molar-refractivity contribution in [3.63, 3.8) is 0 Å². The second-order valence-corrected chi connectivity index (χ2v) is 5.40. The summed E-state index contributed by atoms with van der Waals surface area (Å²) < 4.78 is 11.3. The van der Waals surface area contributed by atoms with Crippen molar-refractivity contribution in [2.75, 3.05) is 13.7 Å². The topological polar surface area (TPSA) is 73.6 Å². The molecule has 0 fully saturated rings. The van der Waals surface area contributed by atoms with Gasteiger partial charge in [-0.3, -0.25) is 4.79 Å². The van der Waals surface area contributed by atoms with Crippen LogP contribution in [0.1, 0.15) is 33.6 Å². The highest BCUT2D eigenvalue weighted by Crippen LogP contribution is 2.21. The Kier molecular flexibility index (Phi) is 6.49. The van der Waals surface area contributed by atoms with Crippen LogP contribution in [0.15, 0.2) is 24.3 Å². The van der Waals surface area contributed by atoms with Crippen molar-refractivity contribution in [1.82, 2.24) is 5.32 Å². The predicted molar refractivity (Wildman–Crippen MR) is 83.6 cm³/mol. The van der Waals surface area contributed by atoms with E-state index < -0.39 is 5.54 Å². The Morgan fingerprint density at radius 3 is 2.38 bits per heavy atom. The zero-order chi connectivity index (χ0) is 15.9. The molecule has 0 aliphatic heterocycles. The van der Waals surface area contributed by atoms with Crippen LogP contribution in [0.4, 0.5) is 0 Å². The molecule has 3 N–H and O–H groups in total. The van der Waals surface area contributed by atoms with Crippen LogP contribution in [0.3, 0.4) is 0 Å². The van der Waals surface area contributed by atoms with Crippen LogP contribution in [-0.2, 0) is 4.79 Å². The minimum Gasteiger partial charge on any atom is -0.494 e. The number of likely N-dealkylation sites (N-methyl/N-ethyl adjacent to an activating group) is 1. The van der Waals surface area contributed by atoms with Crippen LogP contribution in [0.5, 0.6) is 11.5 Å². The van der Waals surface area contributed by atoms with Gasteiger partial charge in [0.1, 0.15) is 11.5 Å². The summed E-state index contributed by atoms with van der Waals surface area (Å²) in [5.41, 5.74) is 4.64. The lowest BCUT2D eigenvalue weighted by atomic mass is 9.94. The lowest BCUT2D eigenvalue weighted by Crippen LogP contribution is -2.53. The van der Waals surface area contributed by atoms with Crippen molar-refractivity contribution in [3.8, 4) is 11.5 Å². The number of primary amides is 1. The fraction of sp³-hybridized carbons (Fsp3) is 0.562. The van der Waals surface area contributed by atoms with Gasteiger partial charge in [-0.05, 0) is 51.6 Å². The number of nitrogens with one attached hydrogen (secondary N) is 1. The molecule has 1 aromatic rings. The molecule has 1 amide bonds. The Hall–Kier alpha value is -1.75. The number of nitrogens with two attached hydrogens (primary N) is 1. The van der Waals surface area contributed by atoms with E-state index in [1.165, 1.54) is 0 Å². The molecular formula is C16H26N2O3. The maximum Gasteiger partial charge on any atom is 0.237 e. The summed E-state index contributed by atoms with van der Waals surface area (Å²) in [6.45, 7) is 6.46. The molecule has 5 heteroatoms. The van der Waals surface area contributed by atoms with E-state index in [4.69, 9.17) is 15.2 Å². The smallest absolute Gasteiger partial charge is 0.237 e. The van der Waals surface area contributed by atoms with Gasteiger partial charge in [-0.25, -0.2) is 0 Å². The molecule has 0 saturated carbocycles. The Morgan fingerprint density at radius 1 is 1.33 bits per heavy atom. The molecule has 0 aromatic heterocycles. The van der Waals surface area contributed by atoms with Gasteiger partial charge in [-0.1, -0.05) is 6.92 Å². The standard InChI is InChI=1S/C16H26N2O3/c1-5-10-20-13-6-8-14(9-7-13)21-12(2)11-16(3,18-4)15(17)19/h6-9,12,18H,5,10-11H2,1-4H3,(H2,17,19). The van der Waals surface area contributed by atoms with E-state index in [1.54, 1.807) is 14.0 Å². The predicted octanol–water partition coefficient (Wildman–Crippen LogP) is 2.10. The highest BCUT2D eigenvalue weighted by molar-refractivity contribution is 5.84. The van der Waals surface area contributed by atoms with E-state index in [0.717, 1.165) is 17.9 Å². The average molecular weight is 294 g/mol. The van der Waals surface area contributed by atoms with E-state index in [0.29, 0.717) is 13.0 Å². The third-order valence-electron chi connectivity index (χ3n) is 3.43. The van der Waals surface area contributed by atoms with Gasteiger partial charge in [0, 0.05) is 6.42 Å². The SMILES string of the molecule is CCCOc1ccc(OC(C)CC(C)(NC)C(N)=O)cc1. The third-order valence-corrected chi connectivity index (χ3v) is 3.43. The van der Waals surface area contributed by atoms with Gasteiger partial charge < -0.3 is 20.5 Å². The van der Waals surface area contributed by atoms with E-state index in [9.17, 15) is 4.79 Å². The maximum atomic E-state index is 11.5. The minimum atomic E-state index is -0.774. The number of carbonyl (C=O) groups is 1. The molecule has 0 radical (unpaired) electrons. The van der Waals surface area contributed by atoms with Crippen molar-refractivity contribution in [2.45, 2.75) is 45.3 Å². The molecule has 1 rings (SSSR count). The largest absolute Gasteiger partial charge is 0.494 e. The molecule has 5 nitrogen and oxygen atoms in total. The van der Waals surface area contributed by atoms with Crippen molar-refractivity contribution < 1.29 is 14.3 Å².